The van der Waals surface area contributed by atoms with Crippen LogP contribution in [0.3, 0.4) is 0 Å². The van der Waals surface area contributed by atoms with Crippen LogP contribution < -0.4 is 193 Å². The number of anilines is 4. The van der Waals surface area contributed by atoms with Crippen molar-refractivity contribution in [3.8, 4) is 0 Å². The zero-order valence-corrected chi connectivity index (χ0v) is 96.2. The zero-order valence-electron chi connectivity index (χ0n) is 86.2. The number of Topliss-reactive ketones (excluding diaryl/α,β-unsaturated/α-hetero) is 1. The Kier molecular flexibility index (Phi) is 67.5. The summed E-state index contributed by atoms with van der Waals surface area (Å²) in [6.07, 6.45) is 7.30. The standard InChI is InChI=1S/C20H27NO7.C18H23NO7.2C9H11NO2.2C9H14O6.C8H14O5.C8H12O4.C7H12O3.5Na/c1-21(2)15-10-8-13(9-11-15)17(23)28-20(18(24)26-3,19(25)27-4)14-6-5-7-16(22)12-14;1-19(2)13-8-6-11(7-9-13)15(21)26-18(16(22)23,17(24)25)12-4-3-5-14(20)10-12;2*1-10(2)8-5-3-7(4-6-8)9(11)12;2*10-6-3-1-2-5(4-6)9(15,7(11)12)8(13)14;9-6-3-1-2-5(4-6)8(12,13)7(10)11;9-6-3-1-2-5(4-6)7(10)8(11)12;8-6-3-1-2-5(4-6)7(9)10;;;;;/h8-11,14,16,22H,5-7,12H2,1-4H3;6-9,12,14,20H,3-5,10H2,1-2H3,(H,22,23)(H,24,25);2*3-6H,1-2H3,(H,11,12);2*5-6,10,15H,1-4H2,(H,11,12)(H,13,14);5-6,9,12-13H,1-4H2,(H,10,11);5-6,9H,1-4H2,(H,11,12);5-6,8H,1-4H2,(H,9,10);;;;;/q;;;;;;;;;5*+1/p-5/t14-,16-;12-,14-;;;5*5-,6-;;;;;/m00..00000...../s1. The molecule has 4 aromatic carbocycles. The summed E-state index contributed by atoms with van der Waals surface area (Å²) in [6, 6.07) is 25.9. The fourth-order valence-corrected chi connectivity index (χ4v) is 17.1. The summed E-state index contributed by atoms with van der Waals surface area (Å²) >= 11 is 0. The summed E-state index contributed by atoms with van der Waals surface area (Å²) in [4.78, 5) is 187. The maximum Gasteiger partial charge on any atom is 1.00 e. The number of hydrogen-bond acceptors (Lipinski definition) is 40. The molecule has 7 aliphatic carbocycles. The van der Waals surface area contributed by atoms with Gasteiger partial charge in [0.2, 0.25) is 5.78 Å². The van der Waals surface area contributed by atoms with Crippen LogP contribution in [0.1, 0.15) is 221 Å². The number of rotatable bonds is 27. The van der Waals surface area contributed by atoms with Gasteiger partial charge in [-0.3, -0.25) is 9.59 Å². The average molecular weight is 2140 g/mol. The summed E-state index contributed by atoms with van der Waals surface area (Å²) in [7, 11) is 17.2. The monoisotopic (exact) mass is 2140 g/mol. The molecule has 0 aliphatic heterocycles. The number of aliphatic hydroxyl groups is 11. The Morgan fingerprint density at radius 3 is 0.797 bits per heavy atom. The van der Waals surface area contributed by atoms with E-state index in [4.69, 9.17) is 59.8 Å². The number of carbonyl (C=O) groups excluding carboxylic acids is 10. The smallest absolute Gasteiger partial charge is 0.547 e. The number of aromatic carboxylic acids is 2. The van der Waals surface area contributed by atoms with E-state index in [1.54, 1.807) is 91.8 Å². The van der Waals surface area contributed by atoms with Crippen LogP contribution in [0.5, 0.6) is 0 Å². The van der Waals surface area contributed by atoms with Gasteiger partial charge in [-0.2, -0.15) is 0 Å². The minimum absolute atomic E-state index is 0. The molecule has 0 bridgehead atoms. The second kappa shape index (κ2) is 69.2. The molecule has 0 amide bonds. The number of carboxylic acids is 11. The Labute approximate surface area is 966 Å². The number of nitrogens with zero attached hydrogens (tertiary/aromatic N) is 4. The molecule has 0 unspecified atom stereocenters. The summed E-state index contributed by atoms with van der Waals surface area (Å²) in [5, 5.41) is 210. The first-order chi connectivity index (χ1) is 66.7. The first-order valence-corrected chi connectivity index (χ1v) is 46.1. The Balaban J connectivity index is -0.00000163. The van der Waals surface area contributed by atoms with E-state index in [1.807, 2.05) is 57.0 Å². The fourth-order valence-electron chi connectivity index (χ4n) is 17.1. The minimum Gasteiger partial charge on any atom is -0.547 e. The maximum atomic E-state index is 12.8. The van der Waals surface area contributed by atoms with Gasteiger partial charge in [0.1, 0.15) is 5.60 Å². The van der Waals surface area contributed by atoms with Crippen LogP contribution in [-0.2, 0) is 76.5 Å². The van der Waals surface area contributed by atoms with Crippen molar-refractivity contribution in [2.24, 2.45) is 41.4 Å². The number of esters is 4. The first kappa shape index (κ1) is 144. The van der Waals surface area contributed by atoms with Crippen molar-refractivity contribution in [1.82, 2.24) is 0 Å². The van der Waals surface area contributed by atoms with Crippen molar-refractivity contribution in [3.63, 3.8) is 0 Å². The van der Waals surface area contributed by atoms with Gasteiger partial charge < -0.3 is 175 Å². The average Bonchev–Trinajstić information content (AvgIpc) is 0.672. The Bertz CT molecular complexity index is 4710. The number of carboxylic acid groups (broad SMARTS) is 11. The maximum absolute atomic E-state index is 12.8. The van der Waals surface area contributed by atoms with Crippen molar-refractivity contribution in [2.75, 3.05) is 90.2 Å². The quantitative estimate of drug-likeness (QED) is 0.00658. The van der Waals surface area contributed by atoms with E-state index in [9.17, 15) is 148 Å². The molecule has 0 radical (unpaired) electrons. The first-order valence-electron chi connectivity index (χ1n) is 46.1. The number of benzene rings is 4. The summed E-state index contributed by atoms with van der Waals surface area (Å²) in [6.45, 7) is 0. The van der Waals surface area contributed by atoms with Crippen LogP contribution in [0.25, 0.3) is 0 Å². The number of aliphatic carboxylic acids is 9. The predicted molar refractivity (Wildman–Crippen MR) is 491 cm³/mol. The van der Waals surface area contributed by atoms with E-state index in [-0.39, 0.29) is 221 Å². The van der Waals surface area contributed by atoms with Crippen LogP contribution in [0.4, 0.5) is 22.7 Å². The van der Waals surface area contributed by atoms with Crippen LogP contribution in [0, 0.1) is 41.4 Å². The van der Waals surface area contributed by atoms with Crippen molar-refractivity contribution in [2.45, 2.75) is 251 Å². The van der Waals surface area contributed by atoms with Gasteiger partial charge in [0.05, 0.1) is 109 Å². The number of methoxy groups -OCH3 is 2. The predicted octanol–water partition coefficient (Wildman–Crippen LogP) is -16.8. The van der Waals surface area contributed by atoms with Crippen LogP contribution in [0.2, 0.25) is 0 Å². The van der Waals surface area contributed by atoms with Gasteiger partial charge in [0.15, 0.2) is 5.60 Å². The molecule has 7 fully saturated rings. The Hall–Kier alpha value is -7.64. The number of aliphatic hydroxyl groups excluding tert-OH is 7. The third-order valence-electron chi connectivity index (χ3n) is 25.5. The molecule has 46 nitrogen and oxygen atoms in total. The topological polar surface area (TPSA) is 782 Å². The SMILES string of the molecule is CN(C)c1ccc(C(=O)O)cc1.CN(C)c1ccc(C(=O)OC(C(=O)[O-])(C(=O)[O-])[C@H]2CCC[C@H](O)C2)cc1.CN(C)c1ccc(C(=O)[O-])cc1.COC(=O)C(OC(=O)c1ccc(N(C)C)cc1)(C(=O)OC)[C@H]1CCC[C@H](O)C1.O=C(O)C(=O)[C@H]1CCC[C@H](O)C1.O=C(O)C(O)(C(=O)O)[C@H]1CCC[C@H](O)C1.O=C(O)C(O)(O)[C@H]1CCC[C@H](O)C1.O=C(O)[C@H]1CCC[C@H](O)C1.O=C([O-])C(O)(C(=O)[O-])[C@H]1CCC[C@H](O)C1.[Na+].[Na+].[Na+].[Na+].[Na+]. The molecule has 17 N–H and O–H groups in total. The largest absolute Gasteiger partial charge is 1.00 e. The molecule has 7 aliphatic rings. The molecule has 4 aromatic rings. The third kappa shape index (κ3) is 43.7. The van der Waals surface area contributed by atoms with Gasteiger partial charge in [0.25, 0.3) is 11.4 Å². The molecule has 11 rings (SSSR count). The van der Waals surface area contributed by atoms with Gasteiger partial charge in [-0.15, -0.1) is 0 Å². The fraction of sp³-hybridized carbons (Fsp3) is 0.588. The van der Waals surface area contributed by atoms with Crippen molar-refractivity contribution in [3.05, 3.63) is 119 Å². The normalized spacial score (nSPS) is 21.7. The second-order valence-corrected chi connectivity index (χ2v) is 36.5. The number of ether oxygens (including phenoxy) is 4. The van der Waals surface area contributed by atoms with E-state index in [0.717, 1.165) is 62.7 Å². The van der Waals surface area contributed by atoms with E-state index in [0.29, 0.717) is 115 Å². The molecule has 0 spiro atoms. The van der Waals surface area contributed by atoms with Crippen LogP contribution in [0.15, 0.2) is 97.1 Å². The van der Waals surface area contributed by atoms with Gasteiger partial charge in [-0.25, -0.2) is 43.2 Å². The molecule has 148 heavy (non-hydrogen) atoms. The Morgan fingerprint density at radius 1 is 0.297 bits per heavy atom. The third-order valence-corrected chi connectivity index (χ3v) is 25.5. The minimum atomic E-state index is -3.00. The second-order valence-electron chi connectivity index (χ2n) is 36.5. The van der Waals surface area contributed by atoms with Crippen molar-refractivity contribution >= 4 is 118 Å². The van der Waals surface area contributed by atoms with E-state index < -0.39 is 196 Å². The molecule has 798 valence electrons. The van der Waals surface area contributed by atoms with Gasteiger partial charge in [-0.1, -0.05) is 57.1 Å². The van der Waals surface area contributed by atoms with E-state index in [1.165, 1.54) is 24.3 Å². The summed E-state index contributed by atoms with van der Waals surface area (Å²) in [5.41, 5.74) is -6.63. The molecular weight excluding hydrogens is 2010 g/mol. The van der Waals surface area contributed by atoms with Gasteiger partial charge >= 0.3 is 213 Å². The van der Waals surface area contributed by atoms with Crippen molar-refractivity contribution in [1.29, 1.82) is 0 Å². The summed E-state index contributed by atoms with van der Waals surface area (Å²) < 4.78 is 20.1. The molecule has 0 heterocycles. The van der Waals surface area contributed by atoms with Crippen molar-refractivity contribution < 1.29 is 356 Å². The Morgan fingerprint density at radius 2 is 0.547 bits per heavy atom. The van der Waals surface area contributed by atoms with E-state index in [2.05, 4.69) is 0 Å². The molecule has 7 saturated carbocycles. The number of ketones is 1. The zero-order chi connectivity index (χ0) is 109. The molecule has 0 aromatic heterocycles. The van der Waals surface area contributed by atoms with Gasteiger partial charge in [-0.05, 0) is 225 Å². The molecule has 51 heteroatoms. The summed E-state index contributed by atoms with van der Waals surface area (Å²) in [5.74, 6) is -30.5. The van der Waals surface area contributed by atoms with Gasteiger partial charge in [0, 0.05) is 115 Å². The molecular formula is C97H133N4Na5O42. The number of carbonyl (C=O) groups is 16. The molecule has 0 saturated heterocycles. The number of hydrogen-bond donors (Lipinski definition) is 17. The van der Waals surface area contributed by atoms with Crippen LogP contribution >= 0.6 is 0 Å². The molecule has 14 atom stereocenters. The van der Waals surface area contributed by atoms with E-state index >= 15 is 0 Å². The van der Waals surface area contributed by atoms with Crippen LogP contribution in [-0.4, -0.2) is 324 Å².